The number of hydrogen-bond donors (Lipinski definition) is 1. The van der Waals surface area contributed by atoms with Crippen molar-refractivity contribution in [2.24, 2.45) is 0 Å². The number of carbonyl (C=O) groups is 2. The van der Waals surface area contributed by atoms with Crippen LogP contribution < -0.4 is 4.90 Å². The highest BCUT2D eigenvalue weighted by molar-refractivity contribution is 9.10. The first-order valence-electron chi connectivity index (χ1n) is 8.46. The summed E-state index contributed by atoms with van der Waals surface area (Å²) < 4.78 is 0.893. The fourth-order valence-electron chi connectivity index (χ4n) is 3.24. The van der Waals surface area contributed by atoms with Gasteiger partial charge in [0.05, 0.1) is 6.04 Å². The molecule has 2 aromatic rings. The number of hydrogen-bond acceptors (Lipinski definition) is 3. The zero-order chi connectivity index (χ0) is 18.7. The third-order valence-corrected chi connectivity index (χ3v) is 5.08. The van der Waals surface area contributed by atoms with Crippen molar-refractivity contribution in [2.75, 3.05) is 18.0 Å². The largest absolute Gasteiger partial charge is 0.465 e. The molecule has 2 heterocycles. The van der Waals surface area contributed by atoms with Crippen LogP contribution in [0.4, 0.5) is 10.6 Å². The quantitative estimate of drug-likeness (QED) is 0.820. The molecule has 1 N–H and O–H groups in total. The van der Waals surface area contributed by atoms with Crippen LogP contribution in [0.15, 0.2) is 47.1 Å². The molecule has 0 spiro atoms. The van der Waals surface area contributed by atoms with E-state index in [0.717, 1.165) is 16.5 Å². The van der Waals surface area contributed by atoms with Crippen molar-refractivity contribution in [1.29, 1.82) is 0 Å². The van der Waals surface area contributed by atoms with Crippen LogP contribution in [0, 0.1) is 6.92 Å². The minimum Gasteiger partial charge on any atom is -0.465 e. The fourth-order valence-corrected chi connectivity index (χ4v) is 3.50. The number of anilines is 1. The van der Waals surface area contributed by atoms with E-state index in [9.17, 15) is 14.7 Å². The van der Waals surface area contributed by atoms with Crippen molar-refractivity contribution in [3.63, 3.8) is 0 Å². The minimum atomic E-state index is -0.955. The predicted octanol–water partition coefficient (Wildman–Crippen LogP) is 3.94. The van der Waals surface area contributed by atoms with Crippen LogP contribution in [-0.2, 0) is 0 Å². The van der Waals surface area contributed by atoms with Crippen molar-refractivity contribution in [3.8, 4) is 0 Å². The van der Waals surface area contributed by atoms with Gasteiger partial charge in [0.15, 0.2) is 0 Å². The standard InChI is InChI=1S/C19H20BrN3O3/c1-13-4-2-10-21-17(13)23(16-5-3-11-22(12-16)19(25)26)18(24)14-6-8-15(20)9-7-14/h2,4,6-10,16H,3,5,11-12H2,1H3,(H,25,26)/t16-/m1/s1. The van der Waals surface area contributed by atoms with Gasteiger partial charge in [-0.2, -0.15) is 0 Å². The summed E-state index contributed by atoms with van der Waals surface area (Å²) >= 11 is 3.38. The molecule has 1 aromatic heterocycles. The first kappa shape index (κ1) is 18.4. The SMILES string of the molecule is Cc1cccnc1N(C(=O)c1ccc(Br)cc1)[C@@H]1CCCN(C(=O)O)C1. The zero-order valence-electron chi connectivity index (χ0n) is 14.4. The number of carbonyl (C=O) groups excluding carboxylic acids is 1. The molecule has 0 saturated carbocycles. The molecule has 26 heavy (non-hydrogen) atoms. The number of benzene rings is 1. The number of halogens is 1. The summed E-state index contributed by atoms with van der Waals surface area (Å²) in [5, 5.41) is 9.35. The number of nitrogens with zero attached hydrogens (tertiary/aromatic N) is 3. The maximum absolute atomic E-state index is 13.3. The molecule has 1 aliphatic rings. The first-order valence-corrected chi connectivity index (χ1v) is 9.25. The maximum Gasteiger partial charge on any atom is 0.407 e. The Kier molecular flexibility index (Phi) is 5.56. The second-order valence-electron chi connectivity index (χ2n) is 6.35. The normalized spacial score (nSPS) is 17.0. The first-order chi connectivity index (χ1) is 12.5. The molecule has 0 aliphatic carbocycles. The average molecular weight is 418 g/mol. The van der Waals surface area contributed by atoms with Crippen molar-refractivity contribution >= 4 is 33.7 Å². The van der Waals surface area contributed by atoms with Crippen LogP contribution in [0.3, 0.4) is 0 Å². The lowest BCUT2D eigenvalue weighted by Crippen LogP contribution is -2.52. The Morgan fingerprint density at radius 3 is 2.65 bits per heavy atom. The third-order valence-electron chi connectivity index (χ3n) is 4.55. The summed E-state index contributed by atoms with van der Waals surface area (Å²) in [5.41, 5.74) is 1.43. The van der Waals surface area contributed by atoms with Gasteiger partial charge in [-0.3, -0.25) is 9.69 Å². The number of piperidine rings is 1. The molecule has 1 aliphatic heterocycles. The summed E-state index contributed by atoms with van der Waals surface area (Å²) in [6.45, 7) is 2.68. The summed E-state index contributed by atoms with van der Waals surface area (Å²) in [6, 6.07) is 10.6. The topological polar surface area (TPSA) is 73.7 Å². The van der Waals surface area contributed by atoms with Crippen molar-refractivity contribution < 1.29 is 14.7 Å². The number of rotatable bonds is 3. The average Bonchev–Trinajstić information content (AvgIpc) is 2.64. The molecule has 1 aromatic carbocycles. The van der Waals surface area contributed by atoms with E-state index in [1.807, 2.05) is 31.2 Å². The molecule has 136 valence electrons. The van der Waals surface area contributed by atoms with Crippen molar-refractivity contribution in [3.05, 3.63) is 58.2 Å². The number of likely N-dealkylation sites (tertiary alicyclic amines) is 1. The minimum absolute atomic E-state index is 0.170. The molecular formula is C19H20BrN3O3. The lowest BCUT2D eigenvalue weighted by atomic mass is 10.0. The fraction of sp³-hybridized carbons (Fsp3) is 0.316. The van der Waals surface area contributed by atoms with E-state index in [1.54, 1.807) is 23.2 Å². The Morgan fingerprint density at radius 1 is 1.27 bits per heavy atom. The molecule has 0 radical (unpaired) electrons. The van der Waals surface area contributed by atoms with E-state index < -0.39 is 6.09 Å². The summed E-state index contributed by atoms with van der Waals surface area (Å²) in [7, 11) is 0. The van der Waals surface area contributed by atoms with Gasteiger partial charge in [-0.05, 0) is 55.7 Å². The molecule has 7 heteroatoms. The third kappa shape index (κ3) is 3.88. The lowest BCUT2D eigenvalue weighted by molar-refractivity contribution is 0.0941. The van der Waals surface area contributed by atoms with Gasteiger partial charge in [-0.15, -0.1) is 0 Å². The van der Waals surface area contributed by atoms with E-state index in [4.69, 9.17) is 0 Å². The summed E-state index contributed by atoms with van der Waals surface area (Å²) in [5.74, 6) is 0.411. The molecule has 1 saturated heterocycles. The molecule has 1 atom stereocenters. The Bertz CT molecular complexity index is 810. The lowest BCUT2D eigenvalue weighted by Gasteiger charge is -2.38. The second-order valence-corrected chi connectivity index (χ2v) is 7.27. The monoisotopic (exact) mass is 417 g/mol. The van der Waals surface area contributed by atoms with Crippen LogP contribution in [-0.4, -0.2) is 46.1 Å². The molecular weight excluding hydrogens is 398 g/mol. The van der Waals surface area contributed by atoms with Gasteiger partial charge in [-0.1, -0.05) is 22.0 Å². The Balaban J connectivity index is 1.99. The van der Waals surface area contributed by atoms with Crippen molar-refractivity contribution in [1.82, 2.24) is 9.88 Å². The molecule has 3 rings (SSSR count). The number of carboxylic acid groups (broad SMARTS) is 1. The predicted molar refractivity (Wildman–Crippen MR) is 103 cm³/mol. The van der Waals surface area contributed by atoms with Crippen LogP contribution in [0.2, 0.25) is 0 Å². The Labute approximate surface area is 160 Å². The van der Waals surface area contributed by atoms with Crippen LogP contribution >= 0.6 is 15.9 Å². The maximum atomic E-state index is 13.3. The van der Waals surface area contributed by atoms with E-state index in [2.05, 4.69) is 20.9 Å². The molecule has 1 fully saturated rings. The Hall–Kier alpha value is -2.41. The molecule has 2 amide bonds. The van der Waals surface area contributed by atoms with E-state index >= 15 is 0 Å². The number of aryl methyl sites for hydroxylation is 1. The highest BCUT2D eigenvalue weighted by atomic mass is 79.9. The van der Waals surface area contributed by atoms with Gasteiger partial charge in [0.1, 0.15) is 5.82 Å². The molecule has 0 unspecified atom stereocenters. The van der Waals surface area contributed by atoms with Gasteiger partial charge in [0, 0.05) is 29.3 Å². The number of pyridine rings is 1. The number of amides is 2. The van der Waals surface area contributed by atoms with Gasteiger partial charge >= 0.3 is 6.09 Å². The van der Waals surface area contributed by atoms with E-state index in [-0.39, 0.29) is 18.5 Å². The van der Waals surface area contributed by atoms with Gasteiger partial charge in [-0.25, -0.2) is 9.78 Å². The smallest absolute Gasteiger partial charge is 0.407 e. The Morgan fingerprint density at radius 2 is 2.00 bits per heavy atom. The van der Waals surface area contributed by atoms with Crippen LogP contribution in [0.1, 0.15) is 28.8 Å². The molecule has 6 nitrogen and oxygen atoms in total. The van der Waals surface area contributed by atoms with Gasteiger partial charge in [0.25, 0.3) is 5.91 Å². The summed E-state index contributed by atoms with van der Waals surface area (Å²) in [4.78, 5) is 32.1. The van der Waals surface area contributed by atoms with Crippen molar-refractivity contribution in [2.45, 2.75) is 25.8 Å². The highest BCUT2D eigenvalue weighted by Gasteiger charge is 2.33. The van der Waals surface area contributed by atoms with Crippen LogP contribution in [0.5, 0.6) is 0 Å². The second kappa shape index (κ2) is 7.86. The summed E-state index contributed by atoms with van der Waals surface area (Å²) in [6.07, 6.45) is 2.15. The van der Waals surface area contributed by atoms with Gasteiger partial charge in [0.2, 0.25) is 0 Å². The van der Waals surface area contributed by atoms with E-state index in [0.29, 0.717) is 24.3 Å². The van der Waals surface area contributed by atoms with E-state index in [1.165, 1.54) is 4.90 Å². The highest BCUT2D eigenvalue weighted by Crippen LogP contribution is 2.26. The van der Waals surface area contributed by atoms with Gasteiger partial charge < -0.3 is 10.0 Å². The zero-order valence-corrected chi connectivity index (χ0v) is 16.0. The molecule has 0 bridgehead atoms. The number of aromatic nitrogens is 1. The van der Waals surface area contributed by atoms with Crippen LogP contribution in [0.25, 0.3) is 0 Å².